The zero-order valence-corrected chi connectivity index (χ0v) is 18.1. The maximum absolute atomic E-state index is 12.4. The minimum atomic E-state index is -3.34. The quantitative estimate of drug-likeness (QED) is 0.685. The Morgan fingerprint density at radius 1 is 1.04 bits per heavy atom. The van der Waals surface area contributed by atoms with Crippen molar-refractivity contribution in [1.29, 1.82) is 0 Å². The van der Waals surface area contributed by atoms with Crippen molar-refractivity contribution in [3.05, 3.63) is 0 Å². The van der Waals surface area contributed by atoms with Crippen LogP contribution in [0.25, 0.3) is 0 Å². The molecule has 0 spiro atoms. The average Bonchev–Trinajstić information content (AvgIpc) is 3.13. The van der Waals surface area contributed by atoms with Crippen LogP contribution in [0.4, 0.5) is 0 Å². The molecular weight excluding hydrogens is 364 g/mol. The smallest absolute Gasteiger partial charge is 0.247 e. The molecule has 156 valence electrons. The standard InChI is InChI=1S/C20H36N2O4S/c1-5-14-6-8-15(9-7-14)18-13-17(21-22(18)27(4,23)24)16-10-11-19(25-2)20(12-16)26-3/h14-16,18-20H,5-13H2,1-4H3. The van der Waals surface area contributed by atoms with Gasteiger partial charge < -0.3 is 9.47 Å². The highest BCUT2D eigenvalue weighted by Gasteiger charge is 2.43. The lowest BCUT2D eigenvalue weighted by Gasteiger charge is -2.35. The summed E-state index contributed by atoms with van der Waals surface area (Å²) in [5.41, 5.74) is 1.06. The normalized spacial score (nSPS) is 38.1. The molecule has 0 saturated heterocycles. The topological polar surface area (TPSA) is 68.2 Å². The van der Waals surface area contributed by atoms with E-state index in [9.17, 15) is 8.42 Å². The summed E-state index contributed by atoms with van der Waals surface area (Å²) in [7, 11) is 0.127. The van der Waals surface area contributed by atoms with Crippen LogP contribution in [-0.4, -0.2) is 57.3 Å². The molecule has 7 heteroatoms. The predicted octanol–water partition coefficient (Wildman–Crippen LogP) is 3.42. The van der Waals surface area contributed by atoms with Gasteiger partial charge in [0.05, 0.1) is 24.5 Å². The van der Waals surface area contributed by atoms with Gasteiger partial charge in [-0.2, -0.15) is 9.52 Å². The van der Waals surface area contributed by atoms with E-state index in [1.165, 1.54) is 29.9 Å². The van der Waals surface area contributed by atoms with E-state index in [0.717, 1.165) is 50.2 Å². The van der Waals surface area contributed by atoms with Crippen molar-refractivity contribution in [2.45, 2.75) is 83.0 Å². The van der Waals surface area contributed by atoms with Crippen LogP contribution in [0, 0.1) is 17.8 Å². The molecule has 6 nitrogen and oxygen atoms in total. The monoisotopic (exact) mass is 400 g/mol. The third kappa shape index (κ3) is 4.67. The lowest BCUT2D eigenvalue weighted by atomic mass is 9.75. The molecule has 0 aromatic heterocycles. The van der Waals surface area contributed by atoms with Crippen LogP contribution in [-0.2, 0) is 19.5 Å². The molecule has 2 fully saturated rings. The number of nitrogens with zero attached hydrogens (tertiary/aromatic N) is 2. The minimum absolute atomic E-state index is 0.00829. The van der Waals surface area contributed by atoms with Gasteiger partial charge >= 0.3 is 0 Å². The molecule has 0 bridgehead atoms. The molecule has 4 atom stereocenters. The van der Waals surface area contributed by atoms with Gasteiger partial charge in [0.15, 0.2) is 0 Å². The first-order valence-corrected chi connectivity index (χ1v) is 12.3. The summed E-state index contributed by atoms with van der Waals surface area (Å²) in [6, 6.07) is 0.00829. The van der Waals surface area contributed by atoms with Crippen molar-refractivity contribution in [2.75, 3.05) is 20.5 Å². The van der Waals surface area contributed by atoms with Crippen molar-refractivity contribution < 1.29 is 17.9 Å². The van der Waals surface area contributed by atoms with Gasteiger partial charge in [-0.25, -0.2) is 8.42 Å². The second-order valence-electron chi connectivity index (χ2n) is 8.65. The molecule has 0 aromatic carbocycles. The van der Waals surface area contributed by atoms with Crippen LogP contribution in [0.1, 0.15) is 64.7 Å². The Morgan fingerprint density at radius 3 is 2.26 bits per heavy atom. The van der Waals surface area contributed by atoms with Gasteiger partial charge in [-0.05, 0) is 43.9 Å². The lowest BCUT2D eigenvalue weighted by molar-refractivity contribution is -0.0639. The van der Waals surface area contributed by atoms with Gasteiger partial charge in [-0.15, -0.1) is 0 Å². The molecule has 0 N–H and O–H groups in total. The second kappa shape index (κ2) is 8.78. The summed E-state index contributed by atoms with van der Waals surface area (Å²) in [5.74, 6) is 1.53. The lowest BCUT2D eigenvalue weighted by Crippen LogP contribution is -2.40. The Hall–Kier alpha value is -0.660. The number of hydrazone groups is 1. The highest BCUT2D eigenvalue weighted by molar-refractivity contribution is 7.88. The summed E-state index contributed by atoms with van der Waals surface area (Å²) in [6.45, 7) is 2.26. The van der Waals surface area contributed by atoms with Gasteiger partial charge in [0.1, 0.15) is 0 Å². The molecule has 3 aliphatic rings. The zero-order valence-electron chi connectivity index (χ0n) is 17.3. The van der Waals surface area contributed by atoms with Crippen molar-refractivity contribution in [3.63, 3.8) is 0 Å². The molecular formula is C20H36N2O4S. The summed E-state index contributed by atoms with van der Waals surface area (Å²) >= 11 is 0. The molecule has 0 amide bonds. The number of ether oxygens (including phenoxy) is 2. The van der Waals surface area contributed by atoms with E-state index in [0.29, 0.717) is 11.8 Å². The fraction of sp³-hybridized carbons (Fsp3) is 0.950. The van der Waals surface area contributed by atoms with E-state index >= 15 is 0 Å². The van der Waals surface area contributed by atoms with E-state index in [2.05, 4.69) is 12.0 Å². The van der Waals surface area contributed by atoms with Crippen LogP contribution >= 0.6 is 0 Å². The van der Waals surface area contributed by atoms with Gasteiger partial charge in [0.2, 0.25) is 10.0 Å². The SMILES string of the molecule is CCC1CCC(C2CC(C3CCC(OC)C(OC)C3)=NN2S(C)(=O)=O)CC1. The highest BCUT2D eigenvalue weighted by Crippen LogP contribution is 2.40. The van der Waals surface area contributed by atoms with Crippen LogP contribution in [0.3, 0.4) is 0 Å². The van der Waals surface area contributed by atoms with Crippen LogP contribution in [0.15, 0.2) is 5.10 Å². The van der Waals surface area contributed by atoms with Crippen LogP contribution < -0.4 is 0 Å². The van der Waals surface area contributed by atoms with Gasteiger partial charge in [0.25, 0.3) is 0 Å². The zero-order chi connectivity index (χ0) is 19.6. The fourth-order valence-electron chi connectivity index (χ4n) is 5.35. The number of hydrogen-bond donors (Lipinski definition) is 0. The van der Waals surface area contributed by atoms with Crippen LogP contribution in [0.5, 0.6) is 0 Å². The molecule has 1 heterocycles. The van der Waals surface area contributed by atoms with E-state index in [1.54, 1.807) is 14.2 Å². The summed E-state index contributed by atoms with van der Waals surface area (Å²) in [5, 5.41) is 4.66. The van der Waals surface area contributed by atoms with E-state index in [1.807, 2.05) is 0 Å². The third-order valence-electron chi connectivity index (χ3n) is 7.09. The minimum Gasteiger partial charge on any atom is -0.379 e. The van der Waals surface area contributed by atoms with E-state index < -0.39 is 10.0 Å². The van der Waals surface area contributed by atoms with Crippen molar-refractivity contribution in [1.82, 2.24) is 4.41 Å². The largest absolute Gasteiger partial charge is 0.379 e. The van der Waals surface area contributed by atoms with Gasteiger partial charge in [-0.3, -0.25) is 0 Å². The first kappa shape index (κ1) is 21.1. The second-order valence-corrected chi connectivity index (χ2v) is 10.5. The fourth-order valence-corrected chi connectivity index (χ4v) is 6.34. The maximum atomic E-state index is 12.4. The molecule has 1 aliphatic heterocycles. The van der Waals surface area contributed by atoms with Crippen molar-refractivity contribution in [2.24, 2.45) is 22.9 Å². The van der Waals surface area contributed by atoms with E-state index in [-0.39, 0.29) is 18.2 Å². The van der Waals surface area contributed by atoms with Crippen molar-refractivity contribution in [3.8, 4) is 0 Å². The summed E-state index contributed by atoms with van der Waals surface area (Å²) in [6.07, 6.45) is 11.0. The summed E-state index contributed by atoms with van der Waals surface area (Å²) in [4.78, 5) is 0. The van der Waals surface area contributed by atoms with Gasteiger partial charge in [-0.1, -0.05) is 26.2 Å². The first-order valence-electron chi connectivity index (χ1n) is 10.5. The molecule has 0 aromatic rings. The number of hydrogen-bond acceptors (Lipinski definition) is 5. The maximum Gasteiger partial charge on any atom is 0.247 e. The molecule has 2 saturated carbocycles. The Kier molecular flexibility index (Phi) is 6.85. The van der Waals surface area contributed by atoms with Crippen LogP contribution in [0.2, 0.25) is 0 Å². The average molecular weight is 401 g/mol. The summed E-state index contributed by atoms with van der Waals surface area (Å²) < 4.78 is 37.5. The number of rotatable bonds is 6. The van der Waals surface area contributed by atoms with E-state index in [4.69, 9.17) is 9.47 Å². The number of methoxy groups -OCH3 is 2. The highest BCUT2D eigenvalue weighted by atomic mass is 32.2. The Balaban J connectivity index is 1.72. The molecule has 4 unspecified atom stereocenters. The molecule has 0 radical (unpaired) electrons. The first-order chi connectivity index (χ1) is 12.9. The molecule has 27 heavy (non-hydrogen) atoms. The Bertz CT molecular complexity index is 628. The molecule has 2 aliphatic carbocycles. The Morgan fingerprint density at radius 2 is 1.70 bits per heavy atom. The third-order valence-corrected chi connectivity index (χ3v) is 8.12. The Labute approximate surface area is 164 Å². The molecule has 3 rings (SSSR count). The predicted molar refractivity (Wildman–Crippen MR) is 107 cm³/mol. The number of sulfonamides is 1. The van der Waals surface area contributed by atoms with Gasteiger partial charge in [0, 0.05) is 32.3 Å². The van der Waals surface area contributed by atoms with Crippen molar-refractivity contribution >= 4 is 15.7 Å².